The van der Waals surface area contributed by atoms with E-state index in [1.165, 1.54) is 0 Å². The number of nitrogens with two attached hydrogens (primary N) is 2. The van der Waals surface area contributed by atoms with Crippen LogP contribution in [0.4, 0.5) is 0 Å². The Kier molecular flexibility index (Phi) is 24.1. The van der Waals surface area contributed by atoms with Crippen molar-refractivity contribution in [3.63, 3.8) is 0 Å². The molecular formula is C4H14N2O. The number of aliphatic hydroxyl groups is 1. The van der Waals surface area contributed by atoms with Gasteiger partial charge in [-0.2, -0.15) is 0 Å². The molecule has 0 aromatic rings. The van der Waals surface area contributed by atoms with Crippen molar-refractivity contribution >= 4 is 0 Å². The van der Waals surface area contributed by atoms with Crippen molar-refractivity contribution in [2.24, 2.45) is 11.5 Å². The molecule has 0 unspecified atom stereocenters. The first-order valence-electron chi connectivity index (χ1n) is 2.34. The fourth-order valence-electron chi connectivity index (χ4n) is 0. The van der Waals surface area contributed by atoms with Gasteiger partial charge < -0.3 is 16.6 Å². The van der Waals surface area contributed by atoms with E-state index >= 15 is 0 Å². The SMILES string of the molecule is CCN.NCCO. The number of hydrogen-bond acceptors (Lipinski definition) is 3. The first-order chi connectivity index (χ1) is 3.33. The highest BCUT2D eigenvalue weighted by atomic mass is 16.3. The molecule has 0 rings (SSSR count). The van der Waals surface area contributed by atoms with Crippen molar-refractivity contribution in [2.75, 3.05) is 19.7 Å². The van der Waals surface area contributed by atoms with E-state index < -0.39 is 0 Å². The molecule has 0 saturated carbocycles. The standard InChI is InChI=1S/C2H7NO.C2H7N/c3-1-2-4;1-2-3/h4H,1-3H2;2-3H2,1H3. The first kappa shape index (κ1) is 9.99. The van der Waals surface area contributed by atoms with Crippen LogP contribution in [0.2, 0.25) is 0 Å². The highest BCUT2D eigenvalue weighted by Gasteiger charge is 1.56. The summed E-state index contributed by atoms with van der Waals surface area (Å²) in [6.07, 6.45) is 0. The summed E-state index contributed by atoms with van der Waals surface area (Å²) in [6.45, 7) is 3.12. The van der Waals surface area contributed by atoms with Crippen LogP contribution in [0.15, 0.2) is 0 Å². The van der Waals surface area contributed by atoms with Gasteiger partial charge in [-0.1, -0.05) is 6.92 Å². The van der Waals surface area contributed by atoms with Gasteiger partial charge >= 0.3 is 0 Å². The van der Waals surface area contributed by atoms with Gasteiger partial charge in [0.2, 0.25) is 0 Å². The summed E-state index contributed by atoms with van der Waals surface area (Å²) in [5.41, 5.74) is 9.62. The van der Waals surface area contributed by atoms with Crippen molar-refractivity contribution in [3.05, 3.63) is 0 Å². The minimum Gasteiger partial charge on any atom is -0.395 e. The first-order valence-corrected chi connectivity index (χ1v) is 2.34. The zero-order valence-corrected chi connectivity index (χ0v) is 4.72. The summed E-state index contributed by atoms with van der Waals surface area (Å²) in [7, 11) is 0. The van der Waals surface area contributed by atoms with Crippen LogP contribution >= 0.6 is 0 Å². The maximum Gasteiger partial charge on any atom is 0.0553 e. The topological polar surface area (TPSA) is 72.3 Å². The molecule has 0 fully saturated rings. The van der Waals surface area contributed by atoms with Gasteiger partial charge in [0, 0.05) is 6.54 Å². The van der Waals surface area contributed by atoms with Crippen molar-refractivity contribution in [3.8, 4) is 0 Å². The molecule has 0 aliphatic heterocycles. The Morgan fingerprint density at radius 2 is 1.57 bits per heavy atom. The van der Waals surface area contributed by atoms with E-state index in [0.717, 1.165) is 6.54 Å². The summed E-state index contributed by atoms with van der Waals surface area (Å²) in [6, 6.07) is 0. The van der Waals surface area contributed by atoms with Crippen LogP contribution < -0.4 is 11.5 Å². The number of hydrogen-bond donors (Lipinski definition) is 3. The molecule has 7 heavy (non-hydrogen) atoms. The van der Waals surface area contributed by atoms with Gasteiger partial charge in [-0.25, -0.2) is 0 Å². The molecule has 3 nitrogen and oxygen atoms in total. The zero-order chi connectivity index (χ0) is 6.12. The average Bonchev–Trinajstić information content (AvgIpc) is 1.69. The summed E-state index contributed by atoms with van der Waals surface area (Å²) in [5, 5.41) is 7.75. The van der Waals surface area contributed by atoms with Gasteiger partial charge in [-0.05, 0) is 6.54 Å². The fourth-order valence-corrected chi connectivity index (χ4v) is 0. The minimum absolute atomic E-state index is 0.0972. The molecule has 0 atom stereocenters. The lowest BCUT2D eigenvalue weighted by atomic mass is 10.8. The van der Waals surface area contributed by atoms with Crippen molar-refractivity contribution in [2.45, 2.75) is 6.92 Å². The maximum absolute atomic E-state index is 7.75. The second-order valence-electron chi connectivity index (χ2n) is 0.921. The van der Waals surface area contributed by atoms with E-state index in [1.54, 1.807) is 0 Å². The Balaban J connectivity index is 0. The summed E-state index contributed by atoms with van der Waals surface area (Å²) >= 11 is 0. The van der Waals surface area contributed by atoms with E-state index in [9.17, 15) is 0 Å². The second kappa shape index (κ2) is 16.9. The molecule has 0 aromatic carbocycles. The molecule has 0 heterocycles. The van der Waals surface area contributed by atoms with Crippen LogP contribution in [0.5, 0.6) is 0 Å². The zero-order valence-electron chi connectivity index (χ0n) is 4.72. The van der Waals surface area contributed by atoms with Gasteiger partial charge in [-0.15, -0.1) is 0 Å². The molecule has 0 aliphatic rings. The van der Waals surface area contributed by atoms with Gasteiger partial charge in [0.25, 0.3) is 0 Å². The Labute approximate surface area is 44.3 Å². The third-order valence-corrected chi connectivity index (χ3v) is 0.129. The lowest BCUT2D eigenvalue weighted by Gasteiger charge is -1.71. The number of aliphatic hydroxyl groups excluding tert-OH is 1. The van der Waals surface area contributed by atoms with E-state index in [2.05, 4.69) is 0 Å². The monoisotopic (exact) mass is 106 g/mol. The normalized spacial score (nSPS) is 6.86. The highest BCUT2D eigenvalue weighted by Crippen LogP contribution is 1.33. The fraction of sp³-hybridized carbons (Fsp3) is 1.00. The molecule has 5 N–H and O–H groups in total. The Bertz CT molecular complexity index is 17.2. The highest BCUT2D eigenvalue weighted by molar-refractivity contribution is 4.17. The predicted molar refractivity (Wildman–Crippen MR) is 30.9 cm³/mol. The molecule has 0 radical (unpaired) electrons. The smallest absolute Gasteiger partial charge is 0.0553 e. The largest absolute Gasteiger partial charge is 0.395 e. The van der Waals surface area contributed by atoms with Gasteiger partial charge in [0.15, 0.2) is 0 Å². The second-order valence-corrected chi connectivity index (χ2v) is 0.921. The molecular weight excluding hydrogens is 92.1 g/mol. The van der Waals surface area contributed by atoms with Crippen molar-refractivity contribution in [1.29, 1.82) is 0 Å². The molecule has 0 spiro atoms. The molecule has 0 saturated heterocycles. The molecule has 0 amide bonds. The molecule has 0 bridgehead atoms. The molecule has 0 aromatic heterocycles. The van der Waals surface area contributed by atoms with E-state index in [0.29, 0.717) is 6.54 Å². The van der Waals surface area contributed by atoms with Gasteiger partial charge in [-0.3, -0.25) is 0 Å². The van der Waals surface area contributed by atoms with Crippen molar-refractivity contribution in [1.82, 2.24) is 0 Å². The number of rotatable bonds is 1. The van der Waals surface area contributed by atoms with Gasteiger partial charge in [0.05, 0.1) is 6.61 Å². The third-order valence-electron chi connectivity index (χ3n) is 0.129. The lowest BCUT2D eigenvalue weighted by molar-refractivity contribution is 0.306. The van der Waals surface area contributed by atoms with E-state index in [4.69, 9.17) is 16.6 Å². The molecule has 0 aliphatic carbocycles. The van der Waals surface area contributed by atoms with Crippen LogP contribution in [0.25, 0.3) is 0 Å². The van der Waals surface area contributed by atoms with E-state index in [-0.39, 0.29) is 6.61 Å². The molecule has 46 valence electrons. The molecule has 3 heteroatoms. The van der Waals surface area contributed by atoms with Gasteiger partial charge in [0.1, 0.15) is 0 Å². The Morgan fingerprint density at radius 1 is 1.43 bits per heavy atom. The van der Waals surface area contributed by atoms with Crippen LogP contribution in [-0.2, 0) is 0 Å². The Morgan fingerprint density at radius 3 is 1.57 bits per heavy atom. The predicted octanol–water partition coefficient (Wildman–Crippen LogP) is -1.10. The van der Waals surface area contributed by atoms with Crippen LogP contribution in [0, 0.1) is 0 Å². The Hall–Kier alpha value is -0.120. The minimum atomic E-state index is 0.0972. The summed E-state index contributed by atoms with van der Waals surface area (Å²) < 4.78 is 0. The van der Waals surface area contributed by atoms with E-state index in [1.807, 2.05) is 6.92 Å². The van der Waals surface area contributed by atoms with Crippen LogP contribution in [0.1, 0.15) is 6.92 Å². The van der Waals surface area contributed by atoms with Crippen LogP contribution in [0.3, 0.4) is 0 Å². The van der Waals surface area contributed by atoms with Crippen LogP contribution in [-0.4, -0.2) is 24.8 Å². The lowest BCUT2D eigenvalue weighted by Crippen LogP contribution is -2.02. The third kappa shape index (κ3) is 114. The average molecular weight is 106 g/mol. The summed E-state index contributed by atoms with van der Waals surface area (Å²) in [5.74, 6) is 0. The maximum atomic E-state index is 7.75. The van der Waals surface area contributed by atoms with Crippen molar-refractivity contribution < 1.29 is 5.11 Å². The quantitative estimate of drug-likeness (QED) is 0.397. The summed E-state index contributed by atoms with van der Waals surface area (Å²) in [4.78, 5) is 0.